The minimum atomic E-state index is -3.63. The molecule has 0 bridgehead atoms. The van der Waals surface area contributed by atoms with Crippen LogP contribution in [0.3, 0.4) is 0 Å². The van der Waals surface area contributed by atoms with Crippen molar-refractivity contribution in [1.82, 2.24) is 9.62 Å². The van der Waals surface area contributed by atoms with Crippen molar-refractivity contribution >= 4 is 27.5 Å². The number of amides is 1. The van der Waals surface area contributed by atoms with Gasteiger partial charge < -0.3 is 14.4 Å². The standard InChI is InChI=1S/C20H23ClN2O5S/c1-27-18-5-3-4-17(19(18)28-2)20(24)23-12-10-15(11-13-23)22-29(25,26)16-8-6-14(21)7-9-16/h3-9,15,22H,10-13H2,1-2H3. The Hall–Kier alpha value is -2.29. The van der Waals surface area contributed by atoms with Crippen LogP contribution in [0.25, 0.3) is 0 Å². The number of halogens is 1. The van der Waals surface area contributed by atoms with Crippen molar-refractivity contribution in [2.45, 2.75) is 23.8 Å². The van der Waals surface area contributed by atoms with E-state index in [0.717, 1.165) is 0 Å². The summed E-state index contributed by atoms with van der Waals surface area (Å²) in [5, 5.41) is 0.476. The average Bonchev–Trinajstić information content (AvgIpc) is 2.73. The molecule has 7 nitrogen and oxygen atoms in total. The first-order chi connectivity index (χ1) is 13.9. The third-order valence-electron chi connectivity index (χ3n) is 4.86. The van der Waals surface area contributed by atoms with Crippen LogP contribution in [0.5, 0.6) is 11.5 Å². The van der Waals surface area contributed by atoms with Gasteiger partial charge in [0, 0.05) is 24.2 Å². The van der Waals surface area contributed by atoms with Crippen LogP contribution < -0.4 is 14.2 Å². The Balaban J connectivity index is 1.65. The number of nitrogens with zero attached hydrogens (tertiary/aromatic N) is 1. The number of benzene rings is 2. The van der Waals surface area contributed by atoms with E-state index in [9.17, 15) is 13.2 Å². The van der Waals surface area contributed by atoms with Crippen LogP contribution in [-0.4, -0.2) is 52.6 Å². The minimum Gasteiger partial charge on any atom is -0.493 e. The van der Waals surface area contributed by atoms with Gasteiger partial charge in [-0.3, -0.25) is 4.79 Å². The lowest BCUT2D eigenvalue weighted by Gasteiger charge is -2.32. The van der Waals surface area contributed by atoms with E-state index in [2.05, 4.69) is 4.72 Å². The van der Waals surface area contributed by atoms with Crippen LogP contribution in [0.4, 0.5) is 0 Å². The van der Waals surface area contributed by atoms with Gasteiger partial charge in [0.2, 0.25) is 10.0 Å². The first-order valence-corrected chi connectivity index (χ1v) is 11.0. The maximum absolute atomic E-state index is 12.9. The molecule has 2 aromatic carbocycles. The average molecular weight is 439 g/mol. The number of likely N-dealkylation sites (tertiary alicyclic amines) is 1. The normalized spacial score (nSPS) is 15.2. The molecule has 0 saturated carbocycles. The molecule has 0 aromatic heterocycles. The van der Waals surface area contributed by atoms with Crippen LogP contribution in [0.1, 0.15) is 23.2 Å². The number of carbonyl (C=O) groups excluding carboxylic acids is 1. The van der Waals surface area contributed by atoms with E-state index in [1.807, 2.05) is 0 Å². The second kappa shape index (κ2) is 9.02. The van der Waals surface area contributed by atoms with Crippen molar-refractivity contribution < 1.29 is 22.7 Å². The zero-order valence-electron chi connectivity index (χ0n) is 16.2. The molecule has 1 N–H and O–H groups in total. The number of sulfonamides is 1. The summed E-state index contributed by atoms with van der Waals surface area (Å²) in [7, 11) is -0.624. The zero-order chi connectivity index (χ0) is 21.0. The summed E-state index contributed by atoms with van der Waals surface area (Å²) in [6.07, 6.45) is 1.04. The molecule has 156 valence electrons. The molecule has 0 unspecified atom stereocenters. The Kier molecular flexibility index (Phi) is 6.66. The maximum atomic E-state index is 12.9. The van der Waals surface area contributed by atoms with Crippen molar-refractivity contribution in [3.05, 3.63) is 53.1 Å². The van der Waals surface area contributed by atoms with Gasteiger partial charge in [-0.2, -0.15) is 0 Å². The number of hydrogen-bond donors (Lipinski definition) is 1. The molecule has 1 aliphatic rings. The van der Waals surface area contributed by atoms with E-state index in [4.69, 9.17) is 21.1 Å². The van der Waals surface area contributed by atoms with Gasteiger partial charge in [-0.05, 0) is 49.2 Å². The van der Waals surface area contributed by atoms with Crippen molar-refractivity contribution in [3.8, 4) is 11.5 Å². The highest BCUT2D eigenvalue weighted by molar-refractivity contribution is 7.89. The summed E-state index contributed by atoms with van der Waals surface area (Å²) < 4.78 is 38.4. The molecule has 29 heavy (non-hydrogen) atoms. The second-order valence-electron chi connectivity index (χ2n) is 6.68. The lowest BCUT2D eigenvalue weighted by Crippen LogP contribution is -2.46. The van der Waals surface area contributed by atoms with Crippen LogP contribution >= 0.6 is 11.6 Å². The molecular formula is C20H23ClN2O5S. The van der Waals surface area contributed by atoms with E-state index in [1.165, 1.54) is 26.4 Å². The number of carbonyl (C=O) groups is 1. The van der Waals surface area contributed by atoms with Crippen LogP contribution in [0.15, 0.2) is 47.4 Å². The quantitative estimate of drug-likeness (QED) is 0.749. The summed E-state index contributed by atoms with van der Waals surface area (Å²) in [5.41, 5.74) is 0.423. The molecule has 0 atom stereocenters. The molecule has 0 aliphatic carbocycles. The Morgan fingerprint density at radius 3 is 2.31 bits per heavy atom. The summed E-state index contributed by atoms with van der Waals surface area (Å²) in [6.45, 7) is 0.875. The van der Waals surface area contributed by atoms with E-state index in [0.29, 0.717) is 48.0 Å². The van der Waals surface area contributed by atoms with E-state index in [-0.39, 0.29) is 16.8 Å². The number of ether oxygens (including phenoxy) is 2. The second-order valence-corrected chi connectivity index (χ2v) is 8.83. The van der Waals surface area contributed by atoms with E-state index in [1.54, 1.807) is 35.2 Å². The SMILES string of the molecule is COc1cccc(C(=O)N2CCC(NS(=O)(=O)c3ccc(Cl)cc3)CC2)c1OC. The van der Waals surface area contributed by atoms with Gasteiger partial charge >= 0.3 is 0 Å². The third-order valence-corrected chi connectivity index (χ3v) is 6.65. The zero-order valence-corrected chi connectivity index (χ0v) is 17.8. The fraction of sp³-hybridized carbons (Fsp3) is 0.350. The minimum absolute atomic E-state index is 0.167. The van der Waals surface area contributed by atoms with E-state index >= 15 is 0 Å². The number of rotatable bonds is 6. The Bertz CT molecular complexity index is 971. The molecule has 1 saturated heterocycles. The van der Waals surface area contributed by atoms with E-state index < -0.39 is 10.0 Å². The molecule has 0 spiro atoms. The number of para-hydroxylation sites is 1. The smallest absolute Gasteiger partial charge is 0.257 e. The molecular weight excluding hydrogens is 416 g/mol. The van der Waals surface area contributed by atoms with Crippen molar-refractivity contribution in [2.75, 3.05) is 27.3 Å². The first-order valence-electron chi connectivity index (χ1n) is 9.14. The van der Waals surface area contributed by atoms with Crippen LogP contribution in [0, 0.1) is 0 Å². The fourth-order valence-corrected chi connectivity index (χ4v) is 4.76. The fourth-order valence-electron chi connectivity index (χ4n) is 3.33. The van der Waals surface area contributed by atoms with Gasteiger partial charge in [-0.1, -0.05) is 17.7 Å². The monoisotopic (exact) mass is 438 g/mol. The van der Waals surface area contributed by atoms with Crippen LogP contribution in [0.2, 0.25) is 5.02 Å². The number of hydrogen-bond acceptors (Lipinski definition) is 5. The van der Waals surface area contributed by atoms with Crippen molar-refractivity contribution in [2.24, 2.45) is 0 Å². The van der Waals surface area contributed by atoms with Crippen molar-refractivity contribution in [1.29, 1.82) is 0 Å². The van der Waals surface area contributed by atoms with Crippen molar-refractivity contribution in [3.63, 3.8) is 0 Å². The lowest BCUT2D eigenvalue weighted by atomic mass is 10.0. The topological polar surface area (TPSA) is 84.9 Å². The van der Waals surface area contributed by atoms with Gasteiger partial charge in [0.05, 0.1) is 24.7 Å². The molecule has 3 rings (SSSR count). The van der Waals surface area contributed by atoms with Gasteiger partial charge in [-0.15, -0.1) is 0 Å². The highest BCUT2D eigenvalue weighted by Gasteiger charge is 2.29. The predicted octanol–water partition coefficient (Wildman–Crippen LogP) is 2.94. The Morgan fingerprint density at radius 2 is 1.72 bits per heavy atom. The summed E-state index contributed by atoms with van der Waals surface area (Å²) in [4.78, 5) is 14.8. The summed E-state index contributed by atoms with van der Waals surface area (Å²) in [5.74, 6) is 0.717. The Morgan fingerprint density at radius 1 is 1.07 bits per heavy atom. The largest absolute Gasteiger partial charge is 0.493 e. The molecule has 1 aliphatic heterocycles. The molecule has 1 fully saturated rings. The highest BCUT2D eigenvalue weighted by Crippen LogP contribution is 2.32. The lowest BCUT2D eigenvalue weighted by molar-refractivity contribution is 0.0707. The summed E-state index contributed by atoms with van der Waals surface area (Å²) >= 11 is 5.82. The Labute approximate surface area is 175 Å². The molecule has 1 heterocycles. The molecule has 0 radical (unpaired) electrons. The predicted molar refractivity (Wildman–Crippen MR) is 110 cm³/mol. The number of nitrogens with one attached hydrogen (secondary N) is 1. The summed E-state index contributed by atoms with van der Waals surface area (Å²) in [6, 6.07) is 10.9. The number of piperidine rings is 1. The third kappa shape index (κ3) is 4.83. The first kappa shape index (κ1) is 21.4. The van der Waals surface area contributed by atoms with Gasteiger partial charge in [0.1, 0.15) is 0 Å². The maximum Gasteiger partial charge on any atom is 0.257 e. The van der Waals surface area contributed by atoms with Gasteiger partial charge in [0.15, 0.2) is 11.5 Å². The molecule has 2 aromatic rings. The van der Waals surface area contributed by atoms with Crippen LogP contribution in [-0.2, 0) is 10.0 Å². The molecule has 9 heteroatoms. The highest BCUT2D eigenvalue weighted by atomic mass is 35.5. The molecule has 1 amide bonds. The van der Waals surface area contributed by atoms with Gasteiger partial charge in [-0.25, -0.2) is 13.1 Å². The number of methoxy groups -OCH3 is 2. The van der Waals surface area contributed by atoms with Gasteiger partial charge in [0.25, 0.3) is 5.91 Å².